The van der Waals surface area contributed by atoms with E-state index in [-0.39, 0.29) is 5.82 Å². The van der Waals surface area contributed by atoms with Crippen molar-refractivity contribution in [3.05, 3.63) is 103 Å². The van der Waals surface area contributed by atoms with Gasteiger partial charge in [-0.3, -0.25) is 25.0 Å². The summed E-state index contributed by atoms with van der Waals surface area (Å²) in [5.74, 6) is 1.30. The van der Waals surface area contributed by atoms with Gasteiger partial charge >= 0.3 is 0 Å². The number of H-pyrrole nitrogens is 2. The lowest BCUT2D eigenvalue weighted by Crippen LogP contribution is -2.25. The molecule has 1 fully saturated rings. The highest BCUT2D eigenvalue weighted by atomic mass is 19.1. The molecule has 47 heavy (non-hydrogen) atoms. The van der Waals surface area contributed by atoms with Gasteiger partial charge in [-0.05, 0) is 61.3 Å². The second kappa shape index (κ2) is 12.6. The van der Waals surface area contributed by atoms with Gasteiger partial charge in [-0.2, -0.15) is 5.10 Å². The first-order valence-electron chi connectivity index (χ1n) is 15.6. The Balaban J connectivity index is 1.08. The van der Waals surface area contributed by atoms with E-state index in [0.717, 1.165) is 41.7 Å². The number of benzene rings is 2. The number of hydrogen-bond donors (Lipinski definition) is 2. The summed E-state index contributed by atoms with van der Waals surface area (Å²) in [5, 5.41) is 8.46. The molecule has 1 aliphatic heterocycles. The standard InChI is InChI=1S/C36H31FN8O2/c37-26-12-24(13-27(15-26)46-11-10-45-8-4-5-9-45)30-19-39-20-33-34(30)42-36(41-33)35-29-16-31(40-21-32(29)43-44-35)25-14-28(18-38-17-25)47-22-23-6-2-1-3-7-23/h1-3,6-7,12-21H,4-5,8-11,22H2,(H,41,42)(H,43,44). The molecule has 11 heteroatoms. The van der Waals surface area contributed by atoms with Crippen LogP contribution in [0.25, 0.3) is 55.8 Å². The van der Waals surface area contributed by atoms with Crippen molar-refractivity contribution in [2.45, 2.75) is 19.4 Å². The predicted octanol–water partition coefficient (Wildman–Crippen LogP) is 6.82. The number of pyridine rings is 3. The highest BCUT2D eigenvalue weighted by Gasteiger charge is 2.18. The van der Waals surface area contributed by atoms with E-state index in [2.05, 4.69) is 35.0 Å². The number of fused-ring (bicyclic) bond motifs is 2. The number of ether oxygens (including phenoxy) is 2. The van der Waals surface area contributed by atoms with Gasteiger partial charge in [-0.1, -0.05) is 30.3 Å². The maximum Gasteiger partial charge on any atom is 0.159 e. The highest BCUT2D eigenvalue weighted by Crippen LogP contribution is 2.34. The van der Waals surface area contributed by atoms with Gasteiger partial charge in [0, 0.05) is 41.5 Å². The van der Waals surface area contributed by atoms with Crippen LogP contribution in [0.3, 0.4) is 0 Å². The van der Waals surface area contributed by atoms with Gasteiger partial charge in [0.2, 0.25) is 0 Å². The van der Waals surface area contributed by atoms with E-state index in [1.54, 1.807) is 31.0 Å². The van der Waals surface area contributed by atoms with E-state index >= 15 is 0 Å². The van der Waals surface area contributed by atoms with Crippen molar-refractivity contribution >= 4 is 21.9 Å². The molecule has 1 aliphatic rings. The Kier molecular flexibility index (Phi) is 7.72. The zero-order valence-electron chi connectivity index (χ0n) is 25.5. The number of rotatable bonds is 10. The number of aromatic amines is 2. The third-order valence-corrected chi connectivity index (χ3v) is 8.38. The van der Waals surface area contributed by atoms with Crippen LogP contribution in [0, 0.1) is 5.82 Å². The summed E-state index contributed by atoms with van der Waals surface area (Å²) in [6.45, 7) is 3.94. The smallest absolute Gasteiger partial charge is 0.159 e. The summed E-state index contributed by atoms with van der Waals surface area (Å²) < 4.78 is 26.8. The molecule has 1 saturated heterocycles. The predicted molar refractivity (Wildman–Crippen MR) is 177 cm³/mol. The third-order valence-electron chi connectivity index (χ3n) is 8.38. The zero-order valence-corrected chi connectivity index (χ0v) is 25.5. The molecule has 0 spiro atoms. The molecule has 5 aromatic heterocycles. The minimum Gasteiger partial charge on any atom is -0.492 e. The summed E-state index contributed by atoms with van der Waals surface area (Å²) in [5.41, 5.74) is 6.67. The molecule has 8 rings (SSSR count). The van der Waals surface area contributed by atoms with Gasteiger partial charge in [-0.15, -0.1) is 0 Å². The molecule has 0 unspecified atom stereocenters. The van der Waals surface area contributed by atoms with E-state index in [0.29, 0.717) is 64.1 Å². The first kappa shape index (κ1) is 28.8. The number of nitrogens with zero attached hydrogens (tertiary/aromatic N) is 6. The Bertz CT molecular complexity index is 2180. The molecule has 0 atom stereocenters. The number of imidazole rings is 1. The molecule has 0 aliphatic carbocycles. The van der Waals surface area contributed by atoms with Gasteiger partial charge in [0.05, 0.1) is 40.8 Å². The molecular formula is C36H31FN8O2. The molecule has 2 N–H and O–H groups in total. The van der Waals surface area contributed by atoms with Crippen molar-refractivity contribution in [2.75, 3.05) is 26.2 Å². The summed E-state index contributed by atoms with van der Waals surface area (Å²) >= 11 is 0. The van der Waals surface area contributed by atoms with Crippen molar-refractivity contribution in [3.8, 4) is 45.4 Å². The van der Waals surface area contributed by atoms with Gasteiger partial charge in [0.1, 0.15) is 36.2 Å². The molecule has 7 aromatic rings. The largest absolute Gasteiger partial charge is 0.492 e. The Morgan fingerprint density at radius 2 is 1.66 bits per heavy atom. The SMILES string of the molecule is Fc1cc(OCCN2CCCC2)cc(-c2cncc3[nH]c(-c4n[nH]c5cnc(-c6cncc(OCc7ccccc7)c6)cc45)nc23)c1. The fraction of sp³-hybridized carbons (Fsp3) is 0.194. The van der Waals surface area contributed by atoms with Crippen LogP contribution >= 0.6 is 0 Å². The maximum atomic E-state index is 14.8. The van der Waals surface area contributed by atoms with E-state index in [9.17, 15) is 4.39 Å². The molecule has 10 nitrogen and oxygen atoms in total. The van der Waals surface area contributed by atoms with Crippen molar-refractivity contribution < 1.29 is 13.9 Å². The van der Waals surface area contributed by atoms with Crippen LogP contribution in [-0.4, -0.2) is 66.3 Å². The van der Waals surface area contributed by atoms with Crippen molar-refractivity contribution in [1.29, 1.82) is 0 Å². The van der Waals surface area contributed by atoms with E-state index in [4.69, 9.17) is 14.5 Å². The first-order chi connectivity index (χ1) is 23.2. The second-order valence-corrected chi connectivity index (χ2v) is 11.6. The minimum atomic E-state index is -0.381. The monoisotopic (exact) mass is 626 g/mol. The maximum absolute atomic E-state index is 14.8. The number of hydrogen-bond acceptors (Lipinski definition) is 8. The topological polar surface area (TPSA) is 118 Å². The van der Waals surface area contributed by atoms with Crippen LogP contribution in [0.4, 0.5) is 4.39 Å². The van der Waals surface area contributed by atoms with Crippen LogP contribution in [0.2, 0.25) is 0 Å². The van der Waals surface area contributed by atoms with Crippen LogP contribution in [0.5, 0.6) is 11.5 Å². The molecule has 0 bridgehead atoms. The van der Waals surface area contributed by atoms with E-state index < -0.39 is 0 Å². The van der Waals surface area contributed by atoms with E-state index in [1.165, 1.54) is 25.0 Å². The summed E-state index contributed by atoms with van der Waals surface area (Å²) in [6, 6.07) is 18.6. The normalized spacial score (nSPS) is 13.5. The van der Waals surface area contributed by atoms with Gasteiger partial charge < -0.3 is 14.5 Å². The van der Waals surface area contributed by atoms with Gasteiger partial charge in [0.25, 0.3) is 0 Å². The average molecular weight is 627 g/mol. The fourth-order valence-electron chi connectivity index (χ4n) is 5.99. The number of nitrogens with one attached hydrogen (secondary N) is 2. The number of aromatic nitrogens is 7. The quantitative estimate of drug-likeness (QED) is 0.170. The van der Waals surface area contributed by atoms with Gasteiger partial charge in [-0.25, -0.2) is 9.37 Å². The van der Waals surface area contributed by atoms with Crippen LogP contribution in [0.1, 0.15) is 18.4 Å². The Morgan fingerprint density at radius 1 is 0.809 bits per heavy atom. The molecular weight excluding hydrogens is 595 g/mol. The third kappa shape index (κ3) is 6.12. The summed E-state index contributed by atoms with van der Waals surface area (Å²) in [6.07, 6.45) is 11.0. The molecule has 0 saturated carbocycles. The number of likely N-dealkylation sites (tertiary alicyclic amines) is 1. The van der Waals surface area contributed by atoms with Crippen molar-refractivity contribution in [3.63, 3.8) is 0 Å². The molecule has 0 radical (unpaired) electrons. The average Bonchev–Trinajstić information content (AvgIpc) is 3.87. The Hall–Kier alpha value is -5.68. The summed E-state index contributed by atoms with van der Waals surface area (Å²) in [4.78, 5) is 24.1. The molecule has 6 heterocycles. The fourth-order valence-corrected chi connectivity index (χ4v) is 5.99. The van der Waals surface area contributed by atoms with Crippen molar-refractivity contribution in [1.82, 2.24) is 40.0 Å². The first-order valence-corrected chi connectivity index (χ1v) is 15.6. The van der Waals surface area contributed by atoms with E-state index in [1.807, 2.05) is 48.5 Å². The minimum absolute atomic E-state index is 0.381. The van der Waals surface area contributed by atoms with Gasteiger partial charge in [0.15, 0.2) is 5.82 Å². The Labute approximate surface area is 269 Å². The van der Waals surface area contributed by atoms with Crippen LogP contribution < -0.4 is 9.47 Å². The van der Waals surface area contributed by atoms with Crippen LogP contribution in [0.15, 0.2) is 91.6 Å². The molecule has 0 amide bonds. The summed E-state index contributed by atoms with van der Waals surface area (Å²) in [7, 11) is 0. The molecule has 2 aromatic carbocycles. The lowest BCUT2D eigenvalue weighted by Gasteiger charge is -2.15. The highest BCUT2D eigenvalue weighted by molar-refractivity contribution is 5.97. The number of halogens is 1. The zero-order chi connectivity index (χ0) is 31.6. The lowest BCUT2D eigenvalue weighted by molar-refractivity contribution is 0.237. The van der Waals surface area contributed by atoms with Crippen LogP contribution in [-0.2, 0) is 6.61 Å². The molecule has 234 valence electrons. The second-order valence-electron chi connectivity index (χ2n) is 11.6. The van der Waals surface area contributed by atoms with Crippen molar-refractivity contribution in [2.24, 2.45) is 0 Å². The lowest BCUT2D eigenvalue weighted by atomic mass is 10.1. The Morgan fingerprint density at radius 3 is 2.55 bits per heavy atom.